The van der Waals surface area contributed by atoms with Gasteiger partial charge in [0.2, 0.25) is 0 Å². The molecule has 0 bridgehead atoms. The van der Waals surface area contributed by atoms with Crippen molar-refractivity contribution in [3.8, 4) is 0 Å². The molecule has 34 heavy (non-hydrogen) atoms. The van der Waals surface area contributed by atoms with Crippen LogP contribution >= 0.6 is 11.8 Å². The van der Waals surface area contributed by atoms with Crippen molar-refractivity contribution < 1.29 is 33.0 Å². The Morgan fingerprint density at radius 3 is 2.18 bits per heavy atom. The van der Waals surface area contributed by atoms with Crippen LogP contribution < -0.4 is 0 Å². The molecule has 0 spiro atoms. The van der Waals surface area contributed by atoms with E-state index in [4.69, 9.17) is 10.2 Å². The third-order valence-electron chi connectivity index (χ3n) is 5.65. The fraction of sp³-hybridized carbons (Fsp3) is 0.333. The minimum atomic E-state index is -4.31. The molecular formula is C24H25F3N2O4S. The maximum Gasteiger partial charge on any atom is 0.416 e. The first kappa shape index (κ1) is 25.8. The quantitative estimate of drug-likeness (QED) is 0.612. The third-order valence-corrected chi connectivity index (χ3v) is 6.84. The molecule has 0 aromatic heterocycles. The Labute approximate surface area is 199 Å². The second kappa shape index (κ2) is 11.1. The Bertz CT molecular complexity index is 1050. The van der Waals surface area contributed by atoms with Crippen LogP contribution in [0.3, 0.4) is 0 Å². The molecule has 0 amide bonds. The lowest BCUT2D eigenvalue weighted by molar-refractivity contribution is -0.137. The summed E-state index contributed by atoms with van der Waals surface area (Å²) in [6, 6.07) is 12.5. The van der Waals surface area contributed by atoms with Gasteiger partial charge in [0.15, 0.2) is 0 Å². The van der Waals surface area contributed by atoms with E-state index in [-0.39, 0.29) is 6.04 Å². The van der Waals surface area contributed by atoms with Gasteiger partial charge < -0.3 is 15.1 Å². The van der Waals surface area contributed by atoms with E-state index < -0.39 is 23.7 Å². The smallest absolute Gasteiger partial charge is 0.416 e. The zero-order valence-corrected chi connectivity index (χ0v) is 19.3. The Morgan fingerprint density at radius 2 is 1.59 bits per heavy atom. The highest BCUT2D eigenvalue weighted by molar-refractivity contribution is 7.99. The van der Waals surface area contributed by atoms with Gasteiger partial charge in [-0.05, 0) is 42.8 Å². The lowest BCUT2D eigenvalue weighted by atomic mass is 9.95. The van der Waals surface area contributed by atoms with Crippen LogP contribution in [0.4, 0.5) is 13.2 Å². The fourth-order valence-corrected chi connectivity index (χ4v) is 5.06. The summed E-state index contributed by atoms with van der Waals surface area (Å²) in [6.07, 6.45) is -2.36. The summed E-state index contributed by atoms with van der Waals surface area (Å²) < 4.78 is 39.7. The van der Waals surface area contributed by atoms with Gasteiger partial charge in [-0.2, -0.15) is 13.2 Å². The van der Waals surface area contributed by atoms with Crippen LogP contribution in [0.25, 0.3) is 0 Å². The SMILES string of the molecule is CN1CCN(C2Cc3ccccc3Sc3cc(C(F)(F)F)ccc32)CC1.O=C(O)/C=C\C(=O)O. The number of likely N-dealkylation sites (N-methyl/N-ethyl adjacent to an activating group) is 1. The number of aliphatic carboxylic acids is 2. The second-order valence-electron chi connectivity index (χ2n) is 8.03. The summed E-state index contributed by atoms with van der Waals surface area (Å²) in [5.74, 6) is -2.51. The first-order valence-corrected chi connectivity index (χ1v) is 11.4. The number of hydrogen-bond donors (Lipinski definition) is 2. The molecule has 0 saturated carbocycles. The van der Waals surface area contributed by atoms with Crippen LogP contribution in [-0.2, 0) is 22.2 Å². The molecule has 1 atom stereocenters. The zero-order valence-electron chi connectivity index (χ0n) is 18.5. The van der Waals surface area contributed by atoms with Crippen molar-refractivity contribution >= 4 is 23.7 Å². The minimum absolute atomic E-state index is 0.122. The number of benzene rings is 2. The molecular weight excluding hydrogens is 469 g/mol. The molecule has 2 aromatic carbocycles. The second-order valence-corrected chi connectivity index (χ2v) is 9.11. The maximum atomic E-state index is 13.2. The molecule has 10 heteroatoms. The molecule has 2 aliphatic heterocycles. The van der Waals surface area contributed by atoms with Crippen LogP contribution in [0.15, 0.2) is 64.4 Å². The molecule has 1 saturated heterocycles. The normalized spacial score (nSPS) is 18.9. The Kier molecular flexibility index (Phi) is 8.40. The number of hydrogen-bond acceptors (Lipinski definition) is 5. The Morgan fingerprint density at radius 1 is 0.971 bits per heavy atom. The maximum absolute atomic E-state index is 13.2. The predicted molar refractivity (Wildman–Crippen MR) is 122 cm³/mol. The van der Waals surface area contributed by atoms with Crippen molar-refractivity contribution in [1.29, 1.82) is 0 Å². The van der Waals surface area contributed by atoms with Crippen LogP contribution in [0.2, 0.25) is 0 Å². The molecule has 6 nitrogen and oxygen atoms in total. The summed E-state index contributed by atoms with van der Waals surface area (Å²) in [7, 11) is 2.11. The lowest BCUT2D eigenvalue weighted by Crippen LogP contribution is -2.46. The number of carbonyl (C=O) groups is 2. The number of halogens is 3. The van der Waals surface area contributed by atoms with Crippen molar-refractivity contribution in [1.82, 2.24) is 9.80 Å². The van der Waals surface area contributed by atoms with Crippen molar-refractivity contribution in [2.75, 3.05) is 33.2 Å². The van der Waals surface area contributed by atoms with E-state index in [2.05, 4.69) is 22.9 Å². The number of carboxylic acids is 2. The van der Waals surface area contributed by atoms with E-state index >= 15 is 0 Å². The van der Waals surface area contributed by atoms with E-state index in [1.165, 1.54) is 29.5 Å². The minimum Gasteiger partial charge on any atom is -0.478 e. The topological polar surface area (TPSA) is 81.1 Å². The van der Waals surface area contributed by atoms with Gasteiger partial charge in [-0.25, -0.2) is 9.59 Å². The standard InChI is InChI=1S/C20H21F3N2S.C4H4O4/c1-24-8-10-25(11-9-24)17-12-14-4-2-3-5-18(14)26-19-13-15(20(21,22)23)6-7-16(17)19;5-3(6)1-2-4(7)8/h2-7,13,17H,8-12H2,1H3;1-2H,(H,5,6)(H,7,8)/b;2-1-. The number of rotatable bonds is 3. The van der Waals surface area contributed by atoms with E-state index in [9.17, 15) is 22.8 Å². The first-order chi connectivity index (χ1) is 16.0. The van der Waals surface area contributed by atoms with E-state index in [1.807, 2.05) is 18.2 Å². The molecule has 1 fully saturated rings. The lowest BCUT2D eigenvalue weighted by Gasteiger charge is -2.38. The van der Waals surface area contributed by atoms with Crippen LogP contribution in [0, 0.1) is 0 Å². The molecule has 2 aliphatic rings. The summed E-state index contributed by atoms with van der Waals surface area (Å²) in [5.41, 5.74) is 1.66. The molecule has 1 unspecified atom stereocenters. The van der Waals surface area contributed by atoms with Crippen LogP contribution in [0.1, 0.15) is 22.7 Å². The van der Waals surface area contributed by atoms with Crippen molar-refractivity contribution in [3.63, 3.8) is 0 Å². The number of carboxylic acid groups (broad SMARTS) is 2. The van der Waals surface area contributed by atoms with Gasteiger partial charge in [0.05, 0.1) is 5.56 Å². The van der Waals surface area contributed by atoms with Gasteiger partial charge in [-0.15, -0.1) is 0 Å². The van der Waals surface area contributed by atoms with Gasteiger partial charge >= 0.3 is 18.1 Å². The van der Waals surface area contributed by atoms with Gasteiger partial charge in [-0.1, -0.05) is 36.0 Å². The van der Waals surface area contributed by atoms with E-state index in [0.717, 1.165) is 48.0 Å². The monoisotopic (exact) mass is 494 g/mol. The highest BCUT2D eigenvalue weighted by atomic mass is 32.2. The highest BCUT2D eigenvalue weighted by Gasteiger charge is 2.34. The van der Waals surface area contributed by atoms with Crippen molar-refractivity contribution in [3.05, 3.63) is 71.3 Å². The molecule has 0 radical (unpaired) electrons. The molecule has 2 heterocycles. The summed E-state index contributed by atoms with van der Waals surface area (Å²) in [5, 5.41) is 15.6. The highest BCUT2D eigenvalue weighted by Crippen LogP contribution is 2.45. The fourth-order valence-electron chi connectivity index (χ4n) is 3.89. The van der Waals surface area contributed by atoms with Crippen molar-refractivity contribution in [2.45, 2.75) is 28.4 Å². The summed E-state index contributed by atoms with van der Waals surface area (Å²) >= 11 is 1.46. The van der Waals surface area contributed by atoms with E-state index in [0.29, 0.717) is 12.2 Å². The summed E-state index contributed by atoms with van der Waals surface area (Å²) in [4.78, 5) is 25.6. The molecule has 182 valence electrons. The Balaban J connectivity index is 0.000000350. The third kappa shape index (κ3) is 6.85. The van der Waals surface area contributed by atoms with Crippen LogP contribution in [-0.4, -0.2) is 65.2 Å². The average Bonchev–Trinajstić information content (AvgIpc) is 2.94. The van der Waals surface area contributed by atoms with Crippen LogP contribution in [0.5, 0.6) is 0 Å². The Hall–Kier alpha value is -2.82. The number of fused-ring (bicyclic) bond motifs is 2. The first-order valence-electron chi connectivity index (χ1n) is 10.6. The summed E-state index contributed by atoms with van der Waals surface area (Å²) in [6.45, 7) is 3.85. The molecule has 0 aliphatic carbocycles. The molecule has 2 aromatic rings. The number of piperazine rings is 1. The molecule has 2 N–H and O–H groups in total. The largest absolute Gasteiger partial charge is 0.478 e. The van der Waals surface area contributed by atoms with Gasteiger partial charge in [-0.3, -0.25) is 4.90 Å². The molecule has 4 rings (SSSR count). The van der Waals surface area contributed by atoms with Gasteiger partial charge in [0, 0.05) is 54.2 Å². The van der Waals surface area contributed by atoms with Crippen molar-refractivity contribution in [2.24, 2.45) is 0 Å². The average molecular weight is 495 g/mol. The zero-order chi connectivity index (χ0) is 24.9. The van der Waals surface area contributed by atoms with Gasteiger partial charge in [0.25, 0.3) is 0 Å². The van der Waals surface area contributed by atoms with E-state index in [1.54, 1.807) is 6.07 Å². The number of alkyl halides is 3. The number of nitrogens with zero attached hydrogens (tertiary/aromatic N) is 2. The predicted octanol–water partition coefficient (Wildman–Crippen LogP) is 4.41. The van der Waals surface area contributed by atoms with Gasteiger partial charge in [0.1, 0.15) is 0 Å².